The molecule has 2 aromatic carbocycles. The molecule has 0 unspecified atom stereocenters. The van der Waals surface area contributed by atoms with Crippen LogP contribution < -0.4 is 9.64 Å². The summed E-state index contributed by atoms with van der Waals surface area (Å²) in [6, 6.07) is 12.9. The van der Waals surface area contributed by atoms with Gasteiger partial charge in [-0.05, 0) is 50.0 Å². The Labute approximate surface area is 198 Å². The molecule has 31 heavy (non-hydrogen) atoms. The van der Waals surface area contributed by atoms with E-state index in [4.69, 9.17) is 21.1 Å². The monoisotopic (exact) mass is 484 g/mol. The Morgan fingerprint density at radius 3 is 2.45 bits per heavy atom. The van der Waals surface area contributed by atoms with Crippen molar-refractivity contribution in [2.24, 2.45) is 0 Å². The summed E-state index contributed by atoms with van der Waals surface area (Å²) in [4.78, 5) is 30.1. The molecule has 2 aromatic rings. The van der Waals surface area contributed by atoms with Crippen molar-refractivity contribution in [2.75, 3.05) is 39.2 Å². The molecule has 1 amide bonds. The highest BCUT2D eigenvalue weighted by molar-refractivity contribution is 7.99. The number of halogens is 2. The molecule has 0 saturated carbocycles. The maximum absolute atomic E-state index is 13.6. The molecule has 0 radical (unpaired) electrons. The number of anilines is 1. The normalized spacial score (nSPS) is 18.1. The fourth-order valence-corrected chi connectivity index (χ4v) is 4.86. The molecule has 0 N–H and O–H groups in total. The fraction of sp³-hybridized carbons (Fsp3) is 0.364. The van der Waals surface area contributed by atoms with Gasteiger partial charge in [-0.3, -0.25) is 9.59 Å². The van der Waals surface area contributed by atoms with Crippen LogP contribution >= 0.6 is 35.8 Å². The topological polar surface area (TPSA) is 59.1 Å². The van der Waals surface area contributed by atoms with E-state index in [0.29, 0.717) is 23.9 Å². The number of hydrogen-bond donors (Lipinski definition) is 0. The molecule has 168 valence electrons. The summed E-state index contributed by atoms with van der Waals surface area (Å²) in [6.07, 6.45) is -0.964. The first-order chi connectivity index (χ1) is 14.3. The summed E-state index contributed by atoms with van der Waals surface area (Å²) in [5.41, 5.74) is 1.63. The average molecular weight is 485 g/mol. The second-order valence-corrected chi connectivity index (χ2v) is 8.87. The predicted octanol–water partition coefficient (Wildman–Crippen LogP) is 4.44. The Kier molecular flexibility index (Phi) is 9.06. The molecule has 0 fully saturated rings. The molecule has 0 aromatic heterocycles. The smallest absolute Gasteiger partial charge is 0.303 e. The van der Waals surface area contributed by atoms with Crippen molar-refractivity contribution in [1.29, 1.82) is 0 Å². The second kappa shape index (κ2) is 11.1. The number of ether oxygens (including phenoxy) is 2. The number of fused-ring (bicyclic) bond motifs is 1. The van der Waals surface area contributed by atoms with Crippen LogP contribution in [0.25, 0.3) is 0 Å². The average Bonchev–Trinajstić information content (AvgIpc) is 2.81. The van der Waals surface area contributed by atoms with Crippen LogP contribution in [0.1, 0.15) is 17.7 Å². The number of esters is 1. The molecular weight excluding hydrogens is 459 g/mol. The van der Waals surface area contributed by atoms with Gasteiger partial charge in [0.15, 0.2) is 6.10 Å². The van der Waals surface area contributed by atoms with Gasteiger partial charge in [0.25, 0.3) is 5.91 Å². The summed E-state index contributed by atoms with van der Waals surface area (Å²) in [5, 5.41) is 0.162. The van der Waals surface area contributed by atoms with E-state index in [-0.39, 0.29) is 18.3 Å². The number of rotatable bonds is 6. The number of benzene rings is 2. The number of hydrogen-bond acceptors (Lipinski definition) is 6. The van der Waals surface area contributed by atoms with E-state index in [2.05, 4.69) is 0 Å². The summed E-state index contributed by atoms with van der Waals surface area (Å²) in [7, 11) is 5.49. The third-order valence-electron chi connectivity index (χ3n) is 4.76. The van der Waals surface area contributed by atoms with Gasteiger partial charge in [-0.25, -0.2) is 0 Å². The molecule has 2 atom stereocenters. The molecule has 0 aliphatic carbocycles. The number of carbonyl (C=O) groups is 2. The molecule has 3 rings (SSSR count). The maximum Gasteiger partial charge on any atom is 0.303 e. The molecule has 1 aliphatic rings. The molecule has 1 heterocycles. The summed E-state index contributed by atoms with van der Waals surface area (Å²) in [5.74, 6) is -0.0331. The van der Waals surface area contributed by atoms with Crippen LogP contribution in [0.5, 0.6) is 5.75 Å². The summed E-state index contributed by atoms with van der Waals surface area (Å²) < 4.78 is 10.8. The zero-order valence-electron chi connectivity index (χ0n) is 17.8. The van der Waals surface area contributed by atoms with Crippen molar-refractivity contribution in [3.8, 4) is 5.75 Å². The van der Waals surface area contributed by atoms with Gasteiger partial charge in [-0.15, -0.1) is 24.2 Å². The van der Waals surface area contributed by atoms with Gasteiger partial charge in [0, 0.05) is 29.9 Å². The van der Waals surface area contributed by atoms with Crippen LogP contribution in [0.4, 0.5) is 5.69 Å². The molecular formula is C22H26Cl2N2O4S. The van der Waals surface area contributed by atoms with Gasteiger partial charge >= 0.3 is 5.97 Å². The van der Waals surface area contributed by atoms with Gasteiger partial charge in [0.1, 0.15) is 5.75 Å². The van der Waals surface area contributed by atoms with Crippen LogP contribution in [-0.4, -0.2) is 57.2 Å². The Morgan fingerprint density at radius 1 is 1.19 bits per heavy atom. The predicted molar refractivity (Wildman–Crippen MR) is 127 cm³/mol. The summed E-state index contributed by atoms with van der Waals surface area (Å²) >= 11 is 7.74. The molecule has 0 saturated heterocycles. The van der Waals surface area contributed by atoms with Crippen molar-refractivity contribution in [2.45, 2.75) is 23.2 Å². The van der Waals surface area contributed by atoms with E-state index < -0.39 is 17.3 Å². The van der Waals surface area contributed by atoms with E-state index in [1.807, 2.05) is 55.4 Å². The van der Waals surface area contributed by atoms with Crippen LogP contribution in [-0.2, 0) is 14.3 Å². The highest BCUT2D eigenvalue weighted by atomic mass is 35.5. The Balaban J connectivity index is 0.00000341. The first kappa shape index (κ1) is 25.3. The number of thioether (sulfide) groups is 1. The lowest BCUT2D eigenvalue weighted by atomic mass is 10.1. The van der Waals surface area contributed by atoms with Gasteiger partial charge in [0.05, 0.1) is 18.0 Å². The number of methoxy groups -OCH3 is 1. The molecule has 9 heteroatoms. The minimum Gasteiger partial charge on any atom is -0.497 e. The van der Waals surface area contributed by atoms with E-state index in [9.17, 15) is 9.59 Å². The highest BCUT2D eigenvalue weighted by Crippen LogP contribution is 2.47. The number of likely N-dealkylation sites (N-methyl/N-ethyl adjacent to an activating group) is 1. The van der Waals surface area contributed by atoms with Crippen molar-refractivity contribution in [1.82, 2.24) is 4.90 Å². The quantitative estimate of drug-likeness (QED) is 0.564. The first-order valence-electron chi connectivity index (χ1n) is 9.53. The van der Waals surface area contributed by atoms with Crippen LogP contribution in [0, 0.1) is 0 Å². The van der Waals surface area contributed by atoms with Crippen LogP contribution in [0.2, 0.25) is 5.02 Å². The van der Waals surface area contributed by atoms with Gasteiger partial charge in [-0.1, -0.05) is 23.7 Å². The van der Waals surface area contributed by atoms with Crippen molar-refractivity contribution in [3.05, 3.63) is 53.1 Å². The number of nitrogens with zero attached hydrogens (tertiary/aromatic N) is 2. The van der Waals surface area contributed by atoms with E-state index in [0.717, 1.165) is 16.1 Å². The van der Waals surface area contributed by atoms with Crippen molar-refractivity contribution >= 4 is 53.3 Å². The lowest BCUT2D eigenvalue weighted by Crippen LogP contribution is -2.45. The molecule has 6 nitrogen and oxygen atoms in total. The fourth-order valence-electron chi connectivity index (χ4n) is 3.26. The number of amides is 1. The largest absolute Gasteiger partial charge is 0.497 e. The van der Waals surface area contributed by atoms with Crippen molar-refractivity contribution < 1.29 is 19.1 Å². The lowest BCUT2D eigenvalue weighted by molar-refractivity contribution is -0.152. The molecule has 0 spiro atoms. The van der Waals surface area contributed by atoms with E-state index in [1.54, 1.807) is 18.1 Å². The Morgan fingerprint density at radius 2 is 1.87 bits per heavy atom. The number of carbonyl (C=O) groups excluding carboxylic acids is 2. The van der Waals surface area contributed by atoms with Crippen LogP contribution in [0.3, 0.4) is 0 Å². The van der Waals surface area contributed by atoms with Crippen LogP contribution in [0.15, 0.2) is 47.4 Å². The summed E-state index contributed by atoms with van der Waals surface area (Å²) in [6.45, 7) is 2.45. The maximum atomic E-state index is 13.6. The third-order valence-corrected chi connectivity index (χ3v) is 6.35. The van der Waals surface area contributed by atoms with Gasteiger partial charge in [0.2, 0.25) is 0 Å². The van der Waals surface area contributed by atoms with Crippen molar-refractivity contribution in [3.63, 3.8) is 0 Å². The minimum atomic E-state index is -0.964. The van der Waals surface area contributed by atoms with E-state index in [1.165, 1.54) is 18.7 Å². The standard InChI is InChI=1S/C22H25ClN2O4S.ClH/c1-14(26)29-20-21(15-5-8-17(28-4)9-6-15)30-19-13-16(23)7-10-18(19)25(22(20)27)12-11-24(2)3;/h5-10,13,20-21H,11-12H2,1-4H3;1H/t20-,21+;/m1./s1. The SMILES string of the molecule is COc1ccc([C@@H]2Sc3cc(Cl)ccc3N(CCN(C)C)C(=O)[C@@H]2OC(C)=O)cc1.Cl. The third kappa shape index (κ3) is 6.07. The van der Waals surface area contributed by atoms with Gasteiger partial charge in [-0.2, -0.15) is 0 Å². The zero-order valence-corrected chi connectivity index (χ0v) is 20.2. The second-order valence-electron chi connectivity index (χ2n) is 7.25. The Hall–Kier alpha value is -1.93. The first-order valence-corrected chi connectivity index (χ1v) is 10.8. The minimum absolute atomic E-state index is 0. The van der Waals surface area contributed by atoms with Gasteiger partial charge < -0.3 is 19.3 Å². The van der Waals surface area contributed by atoms with E-state index >= 15 is 0 Å². The molecule has 1 aliphatic heterocycles. The molecule has 0 bridgehead atoms. The lowest BCUT2D eigenvalue weighted by Gasteiger charge is -2.28. The Bertz CT molecular complexity index is 924. The highest BCUT2D eigenvalue weighted by Gasteiger charge is 2.40. The zero-order chi connectivity index (χ0) is 21.8.